The Morgan fingerprint density at radius 3 is 2.76 bits per heavy atom. The smallest absolute Gasteiger partial charge is 0.227 e. The molecule has 0 radical (unpaired) electrons. The zero-order valence-corrected chi connectivity index (χ0v) is 14.5. The van der Waals surface area contributed by atoms with Gasteiger partial charge in [-0.2, -0.15) is 5.10 Å². The van der Waals surface area contributed by atoms with Gasteiger partial charge in [0.2, 0.25) is 5.91 Å². The lowest BCUT2D eigenvalue weighted by Crippen LogP contribution is -2.38. The summed E-state index contributed by atoms with van der Waals surface area (Å²) in [5, 5.41) is 19.2. The lowest BCUT2D eigenvalue weighted by Gasteiger charge is -2.30. The quantitative estimate of drug-likeness (QED) is 0.843. The molecule has 2 aromatic heterocycles. The van der Waals surface area contributed by atoms with Crippen LogP contribution in [0.25, 0.3) is 0 Å². The Morgan fingerprint density at radius 1 is 1.28 bits per heavy atom. The number of carbonyl (C=O) groups excluding carboxylic acids is 1. The van der Waals surface area contributed by atoms with Gasteiger partial charge in [-0.15, -0.1) is 5.10 Å². The summed E-state index contributed by atoms with van der Waals surface area (Å²) in [4.78, 5) is 14.8. The topological polar surface area (TPSA) is 93.8 Å². The lowest BCUT2D eigenvalue weighted by molar-refractivity contribution is -0.121. The number of hydrogen-bond donors (Lipinski definition) is 1. The van der Waals surface area contributed by atoms with Crippen molar-refractivity contribution < 1.29 is 4.79 Å². The number of rotatable bonds is 6. The lowest BCUT2D eigenvalue weighted by atomic mass is 9.96. The van der Waals surface area contributed by atoms with Gasteiger partial charge in [-0.05, 0) is 56.1 Å². The van der Waals surface area contributed by atoms with E-state index in [1.165, 1.54) is 12.8 Å². The van der Waals surface area contributed by atoms with Crippen LogP contribution in [0.5, 0.6) is 0 Å². The van der Waals surface area contributed by atoms with Gasteiger partial charge in [-0.1, -0.05) is 0 Å². The van der Waals surface area contributed by atoms with Crippen molar-refractivity contribution in [2.75, 3.05) is 18.4 Å². The minimum Gasteiger partial charge on any atom is -0.323 e. The van der Waals surface area contributed by atoms with E-state index in [9.17, 15) is 4.79 Å². The van der Waals surface area contributed by atoms with Crippen LogP contribution >= 0.6 is 0 Å². The van der Waals surface area contributed by atoms with Gasteiger partial charge >= 0.3 is 0 Å². The Hall–Kier alpha value is -2.29. The molecule has 4 rings (SSSR count). The molecule has 134 valence electrons. The van der Waals surface area contributed by atoms with Gasteiger partial charge in [-0.3, -0.25) is 14.4 Å². The number of aryl methyl sites for hydroxylation is 1. The molecule has 0 unspecified atom stereocenters. The van der Waals surface area contributed by atoms with Crippen LogP contribution in [-0.2, 0) is 17.9 Å². The SMILES string of the molecule is CCn1cc(NC(=O)C2CCN(Cc3nnnn3C3CC3)CC2)cn1. The summed E-state index contributed by atoms with van der Waals surface area (Å²) >= 11 is 0. The van der Waals surface area contributed by atoms with Gasteiger partial charge in [0.25, 0.3) is 0 Å². The molecule has 1 amide bonds. The molecule has 0 aromatic carbocycles. The van der Waals surface area contributed by atoms with E-state index in [1.807, 2.05) is 22.5 Å². The third kappa shape index (κ3) is 3.71. The molecule has 25 heavy (non-hydrogen) atoms. The average Bonchev–Trinajstić information content (AvgIpc) is 3.20. The Labute approximate surface area is 146 Å². The minimum atomic E-state index is 0.0562. The van der Waals surface area contributed by atoms with Crippen molar-refractivity contribution in [3.05, 3.63) is 18.2 Å². The molecular weight excluding hydrogens is 320 g/mol. The fourth-order valence-corrected chi connectivity index (χ4v) is 3.32. The summed E-state index contributed by atoms with van der Waals surface area (Å²) in [6, 6.07) is 0.498. The van der Waals surface area contributed by atoms with Gasteiger partial charge in [0.15, 0.2) is 5.82 Å². The predicted octanol–water partition coefficient (Wildman–Crippen LogP) is 1.08. The molecule has 1 saturated carbocycles. The number of tetrazole rings is 1. The van der Waals surface area contributed by atoms with E-state index in [-0.39, 0.29) is 11.8 Å². The molecule has 0 bridgehead atoms. The number of carbonyl (C=O) groups is 1. The predicted molar refractivity (Wildman–Crippen MR) is 90.6 cm³/mol. The van der Waals surface area contributed by atoms with Crippen LogP contribution < -0.4 is 5.32 Å². The number of likely N-dealkylation sites (tertiary alicyclic amines) is 1. The van der Waals surface area contributed by atoms with Crippen LogP contribution in [0.15, 0.2) is 12.4 Å². The molecule has 2 aromatic rings. The van der Waals surface area contributed by atoms with Gasteiger partial charge in [0.1, 0.15) is 0 Å². The van der Waals surface area contributed by atoms with Gasteiger partial charge in [0, 0.05) is 18.7 Å². The maximum Gasteiger partial charge on any atom is 0.227 e. The van der Waals surface area contributed by atoms with Crippen LogP contribution in [-0.4, -0.2) is 53.9 Å². The largest absolute Gasteiger partial charge is 0.323 e. The summed E-state index contributed by atoms with van der Waals surface area (Å²) in [5.74, 6) is 1.09. The van der Waals surface area contributed by atoms with E-state index in [0.29, 0.717) is 6.04 Å². The number of hydrogen-bond acceptors (Lipinski definition) is 6. The van der Waals surface area contributed by atoms with E-state index in [1.54, 1.807) is 6.20 Å². The number of nitrogens with one attached hydrogen (secondary N) is 1. The number of nitrogens with zero attached hydrogens (tertiary/aromatic N) is 7. The molecule has 2 aliphatic rings. The molecule has 9 heteroatoms. The van der Waals surface area contributed by atoms with Crippen LogP contribution in [0.1, 0.15) is 44.5 Å². The molecule has 1 N–H and O–H groups in total. The normalized spacial score (nSPS) is 19.2. The highest BCUT2D eigenvalue weighted by Crippen LogP contribution is 2.34. The monoisotopic (exact) mass is 344 g/mol. The van der Waals surface area contributed by atoms with Gasteiger partial charge in [0.05, 0.1) is 24.5 Å². The highest BCUT2D eigenvalue weighted by Gasteiger charge is 2.30. The Balaban J connectivity index is 1.27. The first-order valence-corrected chi connectivity index (χ1v) is 9.05. The Bertz CT molecular complexity index is 726. The first-order valence-electron chi connectivity index (χ1n) is 9.05. The summed E-state index contributed by atoms with van der Waals surface area (Å²) < 4.78 is 3.77. The Morgan fingerprint density at radius 2 is 2.08 bits per heavy atom. The van der Waals surface area contributed by atoms with Crippen LogP contribution in [0.4, 0.5) is 5.69 Å². The highest BCUT2D eigenvalue weighted by atomic mass is 16.1. The number of piperidine rings is 1. The molecule has 1 aliphatic heterocycles. The second kappa shape index (κ2) is 6.91. The van der Waals surface area contributed by atoms with Crippen LogP contribution in [0.2, 0.25) is 0 Å². The summed E-state index contributed by atoms with van der Waals surface area (Å²) in [5.41, 5.74) is 0.776. The van der Waals surface area contributed by atoms with Crippen molar-refractivity contribution in [1.82, 2.24) is 34.9 Å². The maximum absolute atomic E-state index is 12.4. The van der Waals surface area contributed by atoms with Crippen molar-refractivity contribution in [1.29, 1.82) is 0 Å². The van der Waals surface area contributed by atoms with E-state index >= 15 is 0 Å². The molecule has 2 fully saturated rings. The minimum absolute atomic E-state index is 0.0562. The zero-order valence-electron chi connectivity index (χ0n) is 14.5. The molecule has 0 spiro atoms. The molecule has 3 heterocycles. The first-order chi connectivity index (χ1) is 12.2. The zero-order chi connectivity index (χ0) is 17.2. The summed E-state index contributed by atoms with van der Waals surface area (Å²) in [6.07, 6.45) is 7.64. The van der Waals surface area contributed by atoms with Gasteiger partial charge in [-0.25, -0.2) is 4.68 Å². The standard InChI is InChI=1S/C16H24N8O/c1-2-23-10-13(9-17-23)18-16(25)12-5-7-22(8-6-12)11-15-19-20-21-24(15)14-3-4-14/h9-10,12,14H,2-8,11H2,1H3,(H,18,25). The van der Waals surface area contributed by atoms with E-state index in [0.717, 1.165) is 50.5 Å². The first kappa shape index (κ1) is 16.2. The fourth-order valence-electron chi connectivity index (χ4n) is 3.32. The molecule has 0 atom stereocenters. The molecule has 9 nitrogen and oxygen atoms in total. The summed E-state index contributed by atoms with van der Waals surface area (Å²) in [6.45, 7) is 5.37. The van der Waals surface area contributed by atoms with E-state index in [2.05, 4.69) is 30.8 Å². The number of amides is 1. The van der Waals surface area contributed by atoms with Crippen molar-refractivity contribution >= 4 is 11.6 Å². The number of anilines is 1. The molecule has 1 saturated heterocycles. The second-order valence-electron chi connectivity index (χ2n) is 6.90. The molecular formula is C16H24N8O. The van der Waals surface area contributed by atoms with Crippen molar-refractivity contribution in [3.8, 4) is 0 Å². The van der Waals surface area contributed by atoms with Crippen molar-refractivity contribution in [2.24, 2.45) is 5.92 Å². The third-order valence-electron chi connectivity index (χ3n) is 5.00. The van der Waals surface area contributed by atoms with Crippen molar-refractivity contribution in [2.45, 2.75) is 51.7 Å². The van der Waals surface area contributed by atoms with Crippen molar-refractivity contribution in [3.63, 3.8) is 0 Å². The van der Waals surface area contributed by atoms with E-state index in [4.69, 9.17) is 0 Å². The van der Waals surface area contributed by atoms with Gasteiger partial charge < -0.3 is 5.32 Å². The fraction of sp³-hybridized carbons (Fsp3) is 0.688. The number of aromatic nitrogens is 6. The maximum atomic E-state index is 12.4. The second-order valence-corrected chi connectivity index (χ2v) is 6.90. The molecule has 1 aliphatic carbocycles. The highest BCUT2D eigenvalue weighted by molar-refractivity contribution is 5.92. The Kier molecular flexibility index (Phi) is 4.48. The van der Waals surface area contributed by atoms with E-state index < -0.39 is 0 Å². The van der Waals surface area contributed by atoms with Crippen LogP contribution in [0.3, 0.4) is 0 Å². The third-order valence-corrected chi connectivity index (χ3v) is 5.00. The van der Waals surface area contributed by atoms with Crippen LogP contribution in [0, 0.1) is 5.92 Å². The summed E-state index contributed by atoms with van der Waals surface area (Å²) in [7, 11) is 0. The average molecular weight is 344 g/mol.